The molecule has 0 spiro atoms. The Morgan fingerprint density at radius 3 is 2.61 bits per heavy atom. The molecular weight excluding hydrogens is 360 g/mol. The van der Waals surface area contributed by atoms with Crippen LogP contribution in [0.15, 0.2) is 22.8 Å². The van der Waals surface area contributed by atoms with Gasteiger partial charge in [0, 0.05) is 28.3 Å². The molecule has 1 aliphatic carbocycles. The van der Waals surface area contributed by atoms with Gasteiger partial charge < -0.3 is 15.2 Å². The van der Waals surface area contributed by atoms with Crippen LogP contribution in [-0.2, 0) is 11.2 Å². The number of hydrogen-bond acceptors (Lipinski definition) is 4. The molecule has 1 aliphatic rings. The number of aliphatic hydroxyl groups excluding tert-OH is 1. The van der Waals surface area contributed by atoms with Crippen molar-refractivity contribution in [2.24, 2.45) is 11.3 Å². The summed E-state index contributed by atoms with van der Waals surface area (Å²) in [6, 6.07) is 3.89. The van der Waals surface area contributed by atoms with Gasteiger partial charge in [-0.15, -0.1) is 0 Å². The summed E-state index contributed by atoms with van der Waals surface area (Å²) in [4.78, 5) is 16.3. The maximum Gasteiger partial charge on any atom is 0.407 e. The van der Waals surface area contributed by atoms with Crippen LogP contribution in [0.3, 0.4) is 0 Å². The summed E-state index contributed by atoms with van der Waals surface area (Å²) in [7, 11) is 0. The van der Waals surface area contributed by atoms with Crippen molar-refractivity contribution >= 4 is 22.0 Å². The molecule has 6 heteroatoms. The third-order valence-electron chi connectivity index (χ3n) is 4.06. The summed E-state index contributed by atoms with van der Waals surface area (Å²) >= 11 is 3.38. The Balaban J connectivity index is 2.04. The third-order valence-corrected chi connectivity index (χ3v) is 4.53. The van der Waals surface area contributed by atoms with Crippen LogP contribution >= 0.6 is 15.9 Å². The van der Waals surface area contributed by atoms with E-state index in [0.29, 0.717) is 18.9 Å². The molecular formula is C17H25BrN2O3. The van der Waals surface area contributed by atoms with Crippen LogP contribution in [0.25, 0.3) is 0 Å². The lowest BCUT2D eigenvalue weighted by Crippen LogP contribution is -2.45. The number of halogens is 1. The number of nitrogens with one attached hydrogen (secondary N) is 1. The van der Waals surface area contributed by atoms with E-state index in [2.05, 4.69) is 26.2 Å². The number of carbonyl (C=O) groups excluding carboxylic acids is 1. The van der Waals surface area contributed by atoms with E-state index >= 15 is 0 Å². The molecule has 0 aromatic carbocycles. The maximum atomic E-state index is 11.9. The number of aromatic nitrogens is 1. The first kappa shape index (κ1) is 18.2. The minimum atomic E-state index is -0.529. The lowest BCUT2D eigenvalue weighted by Gasteiger charge is -2.32. The second-order valence-corrected chi connectivity index (χ2v) is 8.21. The zero-order chi connectivity index (χ0) is 17.1. The Bertz CT molecular complexity index is 538. The number of nitrogens with zero attached hydrogens (tertiary/aromatic N) is 1. The molecule has 0 aliphatic heterocycles. The third kappa shape index (κ3) is 5.46. The summed E-state index contributed by atoms with van der Waals surface area (Å²) in [5, 5.41) is 12.8. The van der Waals surface area contributed by atoms with Gasteiger partial charge in [-0.05, 0) is 74.0 Å². The van der Waals surface area contributed by atoms with Gasteiger partial charge >= 0.3 is 6.09 Å². The SMILES string of the molecule is CC(C)(C)OC(=O)NCC(CO)(Cc1ccc(Br)cn1)C1CC1. The van der Waals surface area contributed by atoms with Crippen molar-refractivity contribution in [1.82, 2.24) is 10.3 Å². The number of amides is 1. The van der Waals surface area contributed by atoms with Crippen LogP contribution in [0.5, 0.6) is 0 Å². The van der Waals surface area contributed by atoms with Gasteiger partial charge in [0.2, 0.25) is 0 Å². The Morgan fingerprint density at radius 2 is 2.13 bits per heavy atom. The number of carbonyl (C=O) groups is 1. The molecule has 1 aromatic heterocycles. The zero-order valence-electron chi connectivity index (χ0n) is 13.9. The van der Waals surface area contributed by atoms with E-state index in [1.165, 1.54) is 0 Å². The average Bonchev–Trinajstić information content (AvgIpc) is 3.29. The fourth-order valence-electron chi connectivity index (χ4n) is 2.72. The molecule has 2 N–H and O–H groups in total. The van der Waals surface area contributed by atoms with Gasteiger partial charge in [0.05, 0.1) is 6.61 Å². The monoisotopic (exact) mass is 384 g/mol. The molecule has 23 heavy (non-hydrogen) atoms. The summed E-state index contributed by atoms with van der Waals surface area (Å²) < 4.78 is 6.22. The highest BCUT2D eigenvalue weighted by Crippen LogP contribution is 2.47. The van der Waals surface area contributed by atoms with Crippen molar-refractivity contribution in [1.29, 1.82) is 0 Å². The maximum absolute atomic E-state index is 11.9. The second kappa shape index (κ2) is 7.18. The van der Waals surface area contributed by atoms with E-state index in [1.807, 2.05) is 32.9 Å². The Hall–Kier alpha value is -1.14. The molecule has 1 fully saturated rings. The Kier molecular flexibility index (Phi) is 5.68. The minimum absolute atomic E-state index is 0.0191. The predicted octanol–water partition coefficient (Wildman–Crippen LogP) is 3.30. The number of hydrogen-bond donors (Lipinski definition) is 2. The molecule has 5 nitrogen and oxygen atoms in total. The first-order valence-corrected chi connectivity index (χ1v) is 8.71. The van der Waals surface area contributed by atoms with E-state index < -0.39 is 11.7 Å². The van der Waals surface area contributed by atoms with Crippen molar-refractivity contribution in [2.45, 2.75) is 45.6 Å². The number of alkyl carbamates (subject to hydrolysis) is 1. The van der Waals surface area contributed by atoms with Crippen LogP contribution < -0.4 is 5.32 Å². The molecule has 128 valence electrons. The quantitative estimate of drug-likeness (QED) is 0.788. The van der Waals surface area contributed by atoms with Crippen molar-refractivity contribution in [3.63, 3.8) is 0 Å². The average molecular weight is 385 g/mol. The van der Waals surface area contributed by atoms with E-state index in [-0.39, 0.29) is 12.0 Å². The van der Waals surface area contributed by atoms with Crippen molar-refractivity contribution in [2.75, 3.05) is 13.2 Å². The Morgan fingerprint density at radius 1 is 1.43 bits per heavy atom. The van der Waals surface area contributed by atoms with Gasteiger partial charge in [0.15, 0.2) is 0 Å². The molecule has 1 unspecified atom stereocenters. The summed E-state index contributed by atoms with van der Waals surface area (Å²) in [5.74, 6) is 0.410. The lowest BCUT2D eigenvalue weighted by molar-refractivity contribution is 0.0438. The predicted molar refractivity (Wildman–Crippen MR) is 92.1 cm³/mol. The van der Waals surface area contributed by atoms with E-state index in [0.717, 1.165) is 23.0 Å². The normalized spacial score (nSPS) is 17.4. The summed E-state index contributed by atoms with van der Waals surface area (Å²) in [6.07, 6.45) is 4.10. The van der Waals surface area contributed by atoms with Crippen LogP contribution in [0.4, 0.5) is 4.79 Å². The van der Waals surface area contributed by atoms with E-state index in [9.17, 15) is 9.90 Å². The topological polar surface area (TPSA) is 71.5 Å². The van der Waals surface area contributed by atoms with Crippen LogP contribution in [0, 0.1) is 11.3 Å². The van der Waals surface area contributed by atoms with Gasteiger partial charge in [0.1, 0.15) is 5.60 Å². The number of pyridine rings is 1. The minimum Gasteiger partial charge on any atom is -0.444 e. The van der Waals surface area contributed by atoms with Gasteiger partial charge in [0.25, 0.3) is 0 Å². The fourth-order valence-corrected chi connectivity index (χ4v) is 2.96. The molecule has 1 saturated carbocycles. The highest BCUT2D eigenvalue weighted by Gasteiger charge is 2.45. The fraction of sp³-hybridized carbons (Fsp3) is 0.647. The standard InChI is InChI=1S/C17H25BrN2O3/c1-16(2,3)23-15(22)20-10-17(11-21,12-4-5-12)8-14-7-6-13(18)9-19-14/h6-7,9,12,21H,4-5,8,10-11H2,1-3H3,(H,20,22). The number of rotatable bonds is 6. The van der Waals surface area contributed by atoms with E-state index in [4.69, 9.17) is 4.74 Å². The molecule has 0 radical (unpaired) electrons. The molecule has 2 rings (SSSR count). The van der Waals surface area contributed by atoms with Crippen molar-refractivity contribution in [3.05, 3.63) is 28.5 Å². The zero-order valence-corrected chi connectivity index (χ0v) is 15.5. The molecule has 0 bridgehead atoms. The van der Waals surface area contributed by atoms with Crippen molar-refractivity contribution in [3.8, 4) is 0 Å². The lowest BCUT2D eigenvalue weighted by atomic mass is 9.78. The van der Waals surface area contributed by atoms with Crippen LogP contribution in [0.1, 0.15) is 39.3 Å². The largest absolute Gasteiger partial charge is 0.444 e. The van der Waals surface area contributed by atoms with E-state index in [1.54, 1.807) is 6.20 Å². The molecule has 1 heterocycles. The highest BCUT2D eigenvalue weighted by atomic mass is 79.9. The molecule has 0 saturated heterocycles. The first-order chi connectivity index (χ1) is 10.7. The Labute approximate surface area is 146 Å². The smallest absolute Gasteiger partial charge is 0.407 e. The first-order valence-electron chi connectivity index (χ1n) is 7.92. The summed E-state index contributed by atoms with van der Waals surface area (Å²) in [6.45, 7) is 5.90. The highest BCUT2D eigenvalue weighted by molar-refractivity contribution is 9.10. The van der Waals surface area contributed by atoms with Gasteiger partial charge in [-0.25, -0.2) is 4.79 Å². The number of ether oxygens (including phenoxy) is 1. The second-order valence-electron chi connectivity index (χ2n) is 7.29. The van der Waals surface area contributed by atoms with Gasteiger partial charge in [-0.3, -0.25) is 4.98 Å². The van der Waals surface area contributed by atoms with Crippen LogP contribution in [0.2, 0.25) is 0 Å². The number of aliphatic hydroxyl groups is 1. The molecule has 1 atom stereocenters. The molecule has 1 amide bonds. The van der Waals surface area contributed by atoms with Crippen LogP contribution in [-0.4, -0.2) is 34.9 Å². The van der Waals surface area contributed by atoms with Gasteiger partial charge in [-0.1, -0.05) is 0 Å². The van der Waals surface area contributed by atoms with Crippen molar-refractivity contribution < 1.29 is 14.6 Å². The van der Waals surface area contributed by atoms with Gasteiger partial charge in [-0.2, -0.15) is 0 Å². The summed E-state index contributed by atoms with van der Waals surface area (Å²) in [5.41, 5.74) is 0.0106. The molecule has 1 aromatic rings.